The van der Waals surface area contributed by atoms with Crippen molar-refractivity contribution in [3.63, 3.8) is 0 Å². The number of hydrogen-bond donors (Lipinski definition) is 2. The normalized spacial score (nSPS) is 13.7. The van der Waals surface area contributed by atoms with Crippen LogP contribution in [0.1, 0.15) is 26.7 Å². The summed E-state index contributed by atoms with van der Waals surface area (Å²) in [5.74, 6) is 1.26. The highest BCUT2D eigenvalue weighted by Gasteiger charge is 2.22. The molecular formula is C16H20ClN3O. The molecule has 0 fully saturated rings. The number of nitrogens with zero attached hydrogens (tertiary/aromatic N) is 2. The number of aliphatic hydroxyl groups is 1. The van der Waals surface area contributed by atoms with E-state index in [1.807, 2.05) is 30.3 Å². The Balaban J connectivity index is 2.31. The first kappa shape index (κ1) is 15.7. The van der Waals surface area contributed by atoms with Crippen molar-refractivity contribution in [3.05, 3.63) is 41.6 Å². The van der Waals surface area contributed by atoms with Crippen LogP contribution in [0.15, 0.2) is 36.4 Å². The van der Waals surface area contributed by atoms with E-state index in [2.05, 4.69) is 29.1 Å². The molecule has 4 nitrogen and oxygen atoms in total. The van der Waals surface area contributed by atoms with Gasteiger partial charge >= 0.3 is 0 Å². The smallest absolute Gasteiger partial charge is 0.163 e. The predicted molar refractivity (Wildman–Crippen MR) is 86.5 cm³/mol. The van der Waals surface area contributed by atoms with E-state index in [-0.39, 0.29) is 12.1 Å². The highest BCUT2D eigenvalue weighted by molar-refractivity contribution is 6.29. The molecule has 2 N–H and O–H groups in total. The van der Waals surface area contributed by atoms with Crippen LogP contribution >= 0.6 is 11.6 Å². The molecule has 0 saturated heterocycles. The van der Waals surface area contributed by atoms with Crippen LogP contribution in [-0.4, -0.2) is 27.2 Å². The summed E-state index contributed by atoms with van der Waals surface area (Å²) in [6.07, 6.45) is 1.52. The number of hydrogen-bond acceptors (Lipinski definition) is 4. The Hall–Kier alpha value is -1.65. The lowest BCUT2D eigenvalue weighted by Gasteiger charge is -2.29. The summed E-state index contributed by atoms with van der Waals surface area (Å²) >= 11 is 6.11. The van der Waals surface area contributed by atoms with Crippen molar-refractivity contribution in [1.82, 2.24) is 9.97 Å². The van der Waals surface area contributed by atoms with Crippen molar-refractivity contribution in [3.8, 4) is 11.4 Å². The van der Waals surface area contributed by atoms with Crippen LogP contribution in [-0.2, 0) is 0 Å². The summed E-state index contributed by atoms with van der Waals surface area (Å²) in [7, 11) is 0. The zero-order chi connectivity index (χ0) is 15.3. The second-order valence-corrected chi connectivity index (χ2v) is 5.67. The van der Waals surface area contributed by atoms with E-state index in [4.69, 9.17) is 11.6 Å². The molecule has 1 unspecified atom stereocenters. The van der Waals surface area contributed by atoms with Crippen LogP contribution in [0.25, 0.3) is 11.4 Å². The molecule has 21 heavy (non-hydrogen) atoms. The molecule has 2 aromatic rings. The number of aromatic nitrogens is 2. The van der Waals surface area contributed by atoms with Crippen molar-refractivity contribution in [1.29, 1.82) is 0 Å². The quantitative estimate of drug-likeness (QED) is 0.798. The molecular weight excluding hydrogens is 286 g/mol. The van der Waals surface area contributed by atoms with Crippen LogP contribution in [0, 0.1) is 0 Å². The molecule has 0 aliphatic heterocycles. The first-order chi connectivity index (χ1) is 10.1. The summed E-state index contributed by atoms with van der Waals surface area (Å²) in [6, 6.07) is 11.4. The minimum Gasteiger partial charge on any atom is -0.396 e. The zero-order valence-electron chi connectivity index (χ0n) is 12.3. The summed E-state index contributed by atoms with van der Waals surface area (Å²) in [5, 5.41) is 13.0. The summed E-state index contributed by atoms with van der Waals surface area (Å²) in [6.45, 7) is 4.26. The van der Waals surface area contributed by atoms with E-state index >= 15 is 0 Å². The fourth-order valence-corrected chi connectivity index (χ4v) is 2.27. The maximum absolute atomic E-state index is 9.20. The van der Waals surface area contributed by atoms with Crippen molar-refractivity contribution in [2.24, 2.45) is 0 Å². The highest BCUT2D eigenvalue weighted by Crippen LogP contribution is 2.24. The van der Waals surface area contributed by atoms with Gasteiger partial charge < -0.3 is 10.4 Å². The van der Waals surface area contributed by atoms with Gasteiger partial charge in [-0.1, -0.05) is 48.9 Å². The second kappa shape index (κ2) is 6.87. The Labute approximate surface area is 130 Å². The van der Waals surface area contributed by atoms with Gasteiger partial charge in [0.2, 0.25) is 0 Å². The molecule has 1 heterocycles. The number of nitrogens with one attached hydrogen (secondary N) is 1. The molecule has 0 radical (unpaired) electrons. The standard InChI is InChI=1S/C16H20ClN3O/c1-3-16(2,9-10-21)20-14-11-13(17)18-15(19-14)12-7-5-4-6-8-12/h4-8,11,21H,3,9-10H2,1-2H3,(H,18,19,20). The summed E-state index contributed by atoms with van der Waals surface area (Å²) in [5.41, 5.74) is 0.698. The largest absolute Gasteiger partial charge is 0.396 e. The van der Waals surface area contributed by atoms with Gasteiger partial charge in [-0.05, 0) is 19.8 Å². The Kier molecular flexibility index (Phi) is 5.15. The van der Waals surface area contributed by atoms with Gasteiger partial charge in [0.1, 0.15) is 11.0 Å². The van der Waals surface area contributed by atoms with E-state index in [0.29, 0.717) is 23.2 Å². The van der Waals surface area contributed by atoms with Crippen molar-refractivity contribution < 1.29 is 5.11 Å². The molecule has 0 bridgehead atoms. The van der Waals surface area contributed by atoms with E-state index < -0.39 is 0 Å². The molecule has 0 saturated carbocycles. The van der Waals surface area contributed by atoms with Gasteiger partial charge in [0.05, 0.1) is 0 Å². The SMILES string of the molecule is CCC(C)(CCO)Nc1cc(Cl)nc(-c2ccccc2)n1. The lowest BCUT2D eigenvalue weighted by molar-refractivity contribution is 0.252. The van der Waals surface area contributed by atoms with Crippen molar-refractivity contribution >= 4 is 17.4 Å². The molecule has 0 aliphatic rings. The second-order valence-electron chi connectivity index (χ2n) is 5.28. The van der Waals surface area contributed by atoms with Gasteiger partial charge in [0, 0.05) is 23.8 Å². The maximum Gasteiger partial charge on any atom is 0.163 e. The highest BCUT2D eigenvalue weighted by atomic mass is 35.5. The van der Waals surface area contributed by atoms with E-state index in [1.165, 1.54) is 0 Å². The van der Waals surface area contributed by atoms with Crippen molar-refractivity contribution in [2.75, 3.05) is 11.9 Å². The predicted octanol–water partition coefficient (Wildman–Crippen LogP) is 3.76. The third-order valence-corrected chi connectivity index (χ3v) is 3.79. The lowest BCUT2D eigenvalue weighted by atomic mass is 9.95. The molecule has 112 valence electrons. The van der Waals surface area contributed by atoms with Crippen LogP contribution in [0.2, 0.25) is 5.15 Å². The van der Waals surface area contributed by atoms with Crippen molar-refractivity contribution in [2.45, 2.75) is 32.2 Å². The number of anilines is 1. The van der Waals surface area contributed by atoms with Gasteiger partial charge in [0.25, 0.3) is 0 Å². The lowest BCUT2D eigenvalue weighted by Crippen LogP contribution is -2.35. The third kappa shape index (κ3) is 4.16. The number of benzene rings is 1. The molecule has 1 aromatic heterocycles. The zero-order valence-corrected chi connectivity index (χ0v) is 13.1. The molecule has 0 aliphatic carbocycles. The molecule has 1 aromatic carbocycles. The van der Waals surface area contributed by atoms with Gasteiger partial charge in [-0.2, -0.15) is 0 Å². The topological polar surface area (TPSA) is 58.0 Å². The fraction of sp³-hybridized carbons (Fsp3) is 0.375. The van der Waals surface area contributed by atoms with Gasteiger partial charge in [0.15, 0.2) is 5.82 Å². The van der Waals surface area contributed by atoms with Gasteiger partial charge in [-0.15, -0.1) is 0 Å². The Morgan fingerprint density at radius 2 is 1.95 bits per heavy atom. The van der Waals surface area contributed by atoms with E-state index in [9.17, 15) is 5.11 Å². The molecule has 5 heteroatoms. The van der Waals surface area contributed by atoms with Crippen LogP contribution in [0.4, 0.5) is 5.82 Å². The fourth-order valence-electron chi connectivity index (χ4n) is 2.08. The van der Waals surface area contributed by atoms with Gasteiger partial charge in [-0.25, -0.2) is 9.97 Å². The third-order valence-electron chi connectivity index (χ3n) is 3.60. The monoisotopic (exact) mass is 305 g/mol. The van der Waals surface area contributed by atoms with Crippen LogP contribution < -0.4 is 5.32 Å². The van der Waals surface area contributed by atoms with Gasteiger partial charge in [-0.3, -0.25) is 0 Å². The van der Waals surface area contributed by atoms with E-state index in [0.717, 1.165) is 12.0 Å². The summed E-state index contributed by atoms with van der Waals surface area (Å²) in [4.78, 5) is 8.80. The van der Waals surface area contributed by atoms with Crippen LogP contribution in [0.3, 0.4) is 0 Å². The maximum atomic E-state index is 9.20. The Bertz CT molecular complexity index is 591. The first-order valence-electron chi connectivity index (χ1n) is 7.05. The average molecular weight is 306 g/mol. The Morgan fingerprint density at radius 1 is 1.24 bits per heavy atom. The minimum atomic E-state index is -0.222. The molecule has 2 rings (SSSR count). The number of halogens is 1. The average Bonchev–Trinajstić information content (AvgIpc) is 2.48. The first-order valence-corrected chi connectivity index (χ1v) is 7.43. The Morgan fingerprint density at radius 3 is 2.57 bits per heavy atom. The van der Waals surface area contributed by atoms with Crippen LogP contribution in [0.5, 0.6) is 0 Å². The summed E-state index contributed by atoms with van der Waals surface area (Å²) < 4.78 is 0. The number of aliphatic hydroxyl groups excluding tert-OH is 1. The number of rotatable bonds is 6. The molecule has 1 atom stereocenters. The molecule has 0 spiro atoms. The minimum absolute atomic E-state index is 0.127. The van der Waals surface area contributed by atoms with E-state index in [1.54, 1.807) is 6.07 Å². The molecule has 0 amide bonds.